The van der Waals surface area contributed by atoms with E-state index >= 15 is 0 Å². The molecular formula is C22H18N2O6S. The van der Waals surface area contributed by atoms with Gasteiger partial charge in [-0.2, -0.15) is 0 Å². The third-order valence-electron chi connectivity index (χ3n) is 4.62. The molecule has 1 aliphatic rings. The molecule has 0 atom stereocenters. The van der Waals surface area contributed by atoms with Crippen molar-refractivity contribution >= 4 is 33.1 Å². The van der Waals surface area contributed by atoms with E-state index in [1.807, 2.05) is 0 Å². The number of para-hydroxylation sites is 1. The molecule has 3 aromatic carbocycles. The molecule has 1 aliphatic heterocycles. The molecule has 2 N–H and O–H groups in total. The van der Waals surface area contributed by atoms with Crippen LogP contribution in [0.15, 0.2) is 71.6 Å². The van der Waals surface area contributed by atoms with Crippen LogP contribution < -0.4 is 19.5 Å². The van der Waals surface area contributed by atoms with E-state index in [-0.39, 0.29) is 28.7 Å². The third kappa shape index (κ3) is 4.36. The summed E-state index contributed by atoms with van der Waals surface area (Å²) >= 11 is 0. The third-order valence-corrected chi connectivity index (χ3v) is 6.00. The predicted molar refractivity (Wildman–Crippen MR) is 114 cm³/mol. The molecule has 4 rings (SSSR count). The van der Waals surface area contributed by atoms with Crippen molar-refractivity contribution in [3.63, 3.8) is 0 Å². The summed E-state index contributed by atoms with van der Waals surface area (Å²) in [4.78, 5) is 24.2. The minimum atomic E-state index is -3.97. The lowest BCUT2D eigenvalue weighted by atomic mass is 10.1. The maximum Gasteiger partial charge on any atom is 0.261 e. The number of sulfonamides is 1. The van der Waals surface area contributed by atoms with E-state index in [9.17, 15) is 18.0 Å². The number of amides is 1. The zero-order valence-electron chi connectivity index (χ0n) is 16.4. The molecule has 0 fully saturated rings. The van der Waals surface area contributed by atoms with Gasteiger partial charge in [-0.05, 0) is 43.3 Å². The standard InChI is InChI=1S/C22H18N2O6S/c1-14(25)15-6-9-17(10-7-15)31(27,28)24-19-5-3-2-4-18(19)22(26)23-16-8-11-20-21(12-16)30-13-29-20/h2-12,24H,13H2,1H3,(H,23,26). The quantitative estimate of drug-likeness (QED) is 0.568. The van der Waals surface area contributed by atoms with Crippen LogP contribution in [-0.2, 0) is 10.0 Å². The van der Waals surface area contributed by atoms with Crippen molar-refractivity contribution in [2.24, 2.45) is 0 Å². The Balaban J connectivity index is 1.56. The van der Waals surface area contributed by atoms with Gasteiger partial charge in [0.2, 0.25) is 6.79 Å². The number of ketones is 1. The van der Waals surface area contributed by atoms with Crippen molar-refractivity contribution in [3.05, 3.63) is 77.9 Å². The second-order valence-electron chi connectivity index (χ2n) is 6.75. The summed E-state index contributed by atoms with van der Waals surface area (Å²) in [7, 11) is -3.97. The smallest absolute Gasteiger partial charge is 0.261 e. The lowest BCUT2D eigenvalue weighted by Gasteiger charge is -2.13. The number of rotatable bonds is 6. The summed E-state index contributed by atoms with van der Waals surface area (Å²) in [5, 5.41) is 2.73. The van der Waals surface area contributed by atoms with Crippen LogP contribution in [-0.4, -0.2) is 26.9 Å². The number of hydrogen-bond donors (Lipinski definition) is 2. The number of fused-ring (bicyclic) bond motifs is 1. The molecule has 0 spiro atoms. The van der Waals surface area contributed by atoms with E-state index < -0.39 is 15.9 Å². The van der Waals surface area contributed by atoms with E-state index in [0.717, 1.165) is 0 Å². The van der Waals surface area contributed by atoms with E-state index in [1.165, 1.54) is 43.3 Å². The molecule has 9 heteroatoms. The van der Waals surface area contributed by atoms with Gasteiger partial charge in [-0.15, -0.1) is 0 Å². The maximum atomic E-state index is 12.8. The van der Waals surface area contributed by atoms with Gasteiger partial charge in [0, 0.05) is 17.3 Å². The van der Waals surface area contributed by atoms with Crippen molar-refractivity contribution < 1.29 is 27.5 Å². The Morgan fingerprint density at radius 1 is 0.903 bits per heavy atom. The number of hydrogen-bond acceptors (Lipinski definition) is 6. The molecule has 0 bridgehead atoms. The van der Waals surface area contributed by atoms with Gasteiger partial charge in [-0.3, -0.25) is 14.3 Å². The van der Waals surface area contributed by atoms with E-state index in [4.69, 9.17) is 9.47 Å². The average Bonchev–Trinajstić information content (AvgIpc) is 3.22. The number of carbonyl (C=O) groups excluding carboxylic acids is 2. The van der Waals surface area contributed by atoms with Crippen molar-refractivity contribution in [3.8, 4) is 11.5 Å². The zero-order chi connectivity index (χ0) is 22.0. The highest BCUT2D eigenvalue weighted by molar-refractivity contribution is 7.92. The van der Waals surface area contributed by atoms with Gasteiger partial charge in [-0.25, -0.2) is 8.42 Å². The van der Waals surface area contributed by atoms with E-state index in [1.54, 1.807) is 30.3 Å². The summed E-state index contributed by atoms with van der Waals surface area (Å²) in [5.41, 5.74) is 1.15. The zero-order valence-corrected chi connectivity index (χ0v) is 17.2. The maximum absolute atomic E-state index is 12.8. The van der Waals surface area contributed by atoms with Crippen molar-refractivity contribution in [2.45, 2.75) is 11.8 Å². The molecule has 1 amide bonds. The second kappa shape index (κ2) is 8.11. The number of Topliss-reactive ketones (excluding diaryl/α,β-unsaturated/α-hetero) is 1. The lowest BCUT2D eigenvalue weighted by Crippen LogP contribution is -2.18. The van der Waals surface area contributed by atoms with Crippen molar-refractivity contribution in [1.82, 2.24) is 0 Å². The van der Waals surface area contributed by atoms with Crippen LogP contribution in [0.25, 0.3) is 0 Å². The number of benzene rings is 3. The first-order valence-corrected chi connectivity index (χ1v) is 10.8. The molecule has 1 heterocycles. The monoisotopic (exact) mass is 438 g/mol. The van der Waals surface area contributed by atoms with E-state index in [0.29, 0.717) is 22.7 Å². The molecule has 0 aromatic heterocycles. The molecule has 0 aliphatic carbocycles. The first-order chi connectivity index (χ1) is 14.8. The van der Waals surface area contributed by atoms with Crippen LogP contribution in [0.2, 0.25) is 0 Å². The first-order valence-electron chi connectivity index (χ1n) is 9.27. The Kier molecular flexibility index (Phi) is 5.35. The average molecular weight is 438 g/mol. The summed E-state index contributed by atoms with van der Waals surface area (Å²) in [6, 6.07) is 16.8. The molecule has 0 saturated heterocycles. The normalized spacial score (nSPS) is 12.3. The van der Waals surface area contributed by atoms with Gasteiger partial charge < -0.3 is 14.8 Å². The Morgan fingerprint density at radius 3 is 2.35 bits per heavy atom. The Morgan fingerprint density at radius 2 is 1.61 bits per heavy atom. The van der Waals surface area contributed by atoms with Crippen LogP contribution >= 0.6 is 0 Å². The highest BCUT2D eigenvalue weighted by Crippen LogP contribution is 2.34. The lowest BCUT2D eigenvalue weighted by molar-refractivity contribution is 0.101. The minimum Gasteiger partial charge on any atom is -0.454 e. The second-order valence-corrected chi connectivity index (χ2v) is 8.44. The fourth-order valence-electron chi connectivity index (χ4n) is 3.02. The van der Waals surface area contributed by atoms with Crippen LogP contribution in [0, 0.1) is 0 Å². The Labute approximate surface area is 178 Å². The van der Waals surface area contributed by atoms with E-state index in [2.05, 4.69) is 10.0 Å². The topological polar surface area (TPSA) is 111 Å². The summed E-state index contributed by atoms with van der Waals surface area (Å²) in [6.45, 7) is 1.52. The number of ether oxygens (including phenoxy) is 2. The van der Waals surface area contributed by atoms with Crippen LogP contribution in [0.1, 0.15) is 27.6 Å². The van der Waals surface area contributed by atoms with Gasteiger partial charge in [0.1, 0.15) is 0 Å². The van der Waals surface area contributed by atoms with Crippen LogP contribution in [0.5, 0.6) is 11.5 Å². The van der Waals surface area contributed by atoms with Gasteiger partial charge in [-0.1, -0.05) is 24.3 Å². The highest BCUT2D eigenvalue weighted by Gasteiger charge is 2.20. The molecular weight excluding hydrogens is 420 g/mol. The summed E-state index contributed by atoms with van der Waals surface area (Å²) < 4.78 is 38.6. The molecule has 3 aromatic rings. The SMILES string of the molecule is CC(=O)c1ccc(S(=O)(=O)Nc2ccccc2C(=O)Nc2ccc3c(c2)OCO3)cc1. The molecule has 0 unspecified atom stereocenters. The summed E-state index contributed by atoms with van der Waals surface area (Å²) in [6.07, 6.45) is 0. The largest absolute Gasteiger partial charge is 0.454 e. The number of carbonyl (C=O) groups is 2. The van der Waals surface area contributed by atoms with Crippen molar-refractivity contribution in [2.75, 3.05) is 16.8 Å². The highest BCUT2D eigenvalue weighted by atomic mass is 32.2. The first kappa shape index (κ1) is 20.4. The molecule has 0 radical (unpaired) electrons. The minimum absolute atomic E-state index is 0.0246. The fraction of sp³-hybridized carbons (Fsp3) is 0.0909. The molecule has 31 heavy (non-hydrogen) atoms. The summed E-state index contributed by atoms with van der Waals surface area (Å²) in [5.74, 6) is 0.439. The Hall–Kier alpha value is -3.85. The number of anilines is 2. The predicted octanol–water partition coefficient (Wildman–Crippen LogP) is 3.67. The van der Waals surface area contributed by atoms with Crippen LogP contribution in [0.3, 0.4) is 0 Å². The number of nitrogens with one attached hydrogen (secondary N) is 2. The molecule has 0 saturated carbocycles. The van der Waals surface area contributed by atoms with Crippen LogP contribution in [0.4, 0.5) is 11.4 Å². The van der Waals surface area contributed by atoms with Gasteiger partial charge in [0.15, 0.2) is 17.3 Å². The fourth-order valence-corrected chi connectivity index (χ4v) is 4.10. The molecule has 158 valence electrons. The van der Waals surface area contributed by atoms with Gasteiger partial charge in [0.05, 0.1) is 16.1 Å². The van der Waals surface area contributed by atoms with Crippen molar-refractivity contribution in [1.29, 1.82) is 0 Å². The van der Waals surface area contributed by atoms with Gasteiger partial charge in [0.25, 0.3) is 15.9 Å². The Bertz CT molecular complexity index is 1270. The molecule has 8 nitrogen and oxygen atoms in total. The van der Waals surface area contributed by atoms with Gasteiger partial charge >= 0.3 is 0 Å².